The van der Waals surface area contributed by atoms with Crippen LogP contribution in [0.4, 0.5) is 0 Å². The summed E-state index contributed by atoms with van der Waals surface area (Å²) < 4.78 is 0. The molecule has 0 spiro atoms. The Morgan fingerprint density at radius 1 is 1.22 bits per heavy atom. The summed E-state index contributed by atoms with van der Waals surface area (Å²) in [6.07, 6.45) is 6.35. The van der Waals surface area contributed by atoms with Crippen molar-refractivity contribution >= 4 is 11.6 Å². The number of hydrogen-bond donors (Lipinski definition) is 1. The summed E-state index contributed by atoms with van der Waals surface area (Å²) in [7, 11) is 0. The maximum Gasteiger partial charge on any atom is 0.0443 e. The summed E-state index contributed by atoms with van der Waals surface area (Å²) in [6.45, 7) is 5.10. The molecule has 2 rings (SSSR count). The molecule has 0 bridgehead atoms. The predicted octanol–water partition coefficient (Wildman–Crippen LogP) is 4.62. The van der Waals surface area contributed by atoms with Crippen LogP contribution in [0, 0.1) is 0 Å². The molecule has 0 aromatic heterocycles. The molecule has 0 amide bonds. The third kappa shape index (κ3) is 2.57. The molecule has 0 unspecified atom stereocenters. The minimum absolute atomic E-state index is 0.178. The molecule has 2 N–H and O–H groups in total. The van der Waals surface area contributed by atoms with Gasteiger partial charge in [0.1, 0.15) is 0 Å². The van der Waals surface area contributed by atoms with E-state index in [0.717, 1.165) is 11.6 Å². The summed E-state index contributed by atoms with van der Waals surface area (Å²) in [5, 5.41) is 0.904. The maximum absolute atomic E-state index is 6.42. The molecule has 1 nitrogen and oxygen atoms in total. The fourth-order valence-corrected chi connectivity index (χ4v) is 3.56. The Bertz CT molecular complexity index is 406. The summed E-state index contributed by atoms with van der Waals surface area (Å²) in [5.74, 6) is 0.478. The van der Waals surface area contributed by atoms with Crippen LogP contribution >= 0.6 is 11.6 Å². The van der Waals surface area contributed by atoms with Gasteiger partial charge in [-0.3, -0.25) is 0 Å². The lowest BCUT2D eigenvalue weighted by Crippen LogP contribution is -2.37. The van der Waals surface area contributed by atoms with Gasteiger partial charge >= 0.3 is 0 Å². The van der Waals surface area contributed by atoms with Gasteiger partial charge in [-0.05, 0) is 36.0 Å². The Kier molecular flexibility index (Phi) is 4.34. The van der Waals surface area contributed by atoms with E-state index in [4.69, 9.17) is 17.3 Å². The Morgan fingerprint density at radius 2 is 1.89 bits per heavy atom. The first-order chi connectivity index (χ1) is 8.59. The molecular weight excluding hydrogens is 242 g/mol. The molecule has 0 radical (unpaired) electrons. The molecule has 1 saturated carbocycles. The van der Waals surface area contributed by atoms with Gasteiger partial charge in [-0.2, -0.15) is 0 Å². The molecule has 0 aliphatic heterocycles. The lowest BCUT2D eigenvalue weighted by molar-refractivity contribution is 0.301. The number of halogens is 1. The summed E-state index contributed by atoms with van der Waals surface area (Å²) in [6, 6.07) is 6.60. The van der Waals surface area contributed by atoms with Crippen molar-refractivity contribution in [2.45, 2.75) is 57.3 Å². The van der Waals surface area contributed by atoms with Gasteiger partial charge in [-0.1, -0.05) is 56.8 Å². The lowest BCUT2D eigenvalue weighted by Gasteiger charge is -2.37. The fourth-order valence-electron chi connectivity index (χ4n) is 3.16. The largest absolute Gasteiger partial charge is 0.330 e. The van der Waals surface area contributed by atoms with E-state index in [1.54, 1.807) is 0 Å². The van der Waals surface area contributed by atoms with E-state index < -0.39 is 0 Å². The van der Waals surface area contributed by atoms with Crippen molar-refractivity contribution in [3.05, 3.63) is 34.3 Å². The van der Waals surface area contributed by atoms with Gasteiger partial charge < -0.3 is 5.73 Å². The van der Waals surface area contributed by atoms with Crippen LogP contribution in [0.25, 0.3) is 0 Å². The molecule has 0 atom stereocenters. The fraction of sp³-hybridized carbons (Fsp3) is 0.625. The summed E-state index contributed by atoms with van der Waals surface area (Å²) >= 11 is 6.42. The van der Waals surface area contributed by atoms with E-state index in [2.05, 4.69) is 32.0 Å². The Morgan fingerprint density at radius 3 is 2.39 bits per heavy atom. The molecule has 1 aliphatic carbocycles. The normalized spacial score (nSPS) is 19.2. The summed E-state index contributed by atoms with van der Waals surface area (Å²) in [5.41, 5.74) is 8.84. The highest BCUT2D eigenvalue weighted by Crippen LogP contribution is 2.40. The second-order valence-electron chi connectivity index (χ2n) is 5.94. The van der Waals surface area contributed by atoms with Gasteiger partial charge in [0.2, 0.25) is 0 Å². The standard InChI is InChI=1S/C16H24ClN/c1-12(2)14-7-6-13(10-15(14)17)16(11-18)8-4-3-5-9-16/h6-7,10,12H,3-5,8-9,11,18H2,1-2H3. The van der Waals surface area contributed by atoms with E-state index in [9.17, 15) is 0 Å². The SMILES string of the molecule is CC(C)c1ccc(C2(CN)CCCCC2)cc1Cl. The molecule has 0 heterocycles. The Hall–Kier alpha value is -0.530. The molecule has 1 fully saturated rings. The third-order valence-electron chi connectivity index (χ3n) is 4.44. The van der Waals surface area contributed by atoms with E-state index >= 15 is 0 Å². The van der Waals surface area contributed by atoms with Crippen molar-refractivity contribution < 1.29 is 0 Å². The molecule has 1 aromatic rings. The molecule has 2 heteroatoms. The lowest BCUT2D eigenvalue weighted by atomic mass is 9.69. The molecule has 0 saturated heterocycles. The molecule has 1 aromatic carbocycles. The zero-order valence-electron chi connectivity index (χ0n) is 11.5. The van der Waals surface area contributed by atoms with Crippen molar-refractivity contribution in [2.75, 3.05) is 6.54 Å². The van der Waals surface area contributed by atoms with Gasteiger partial charge in [0.05, 0.1) is 0 Å². The van der Waals surface area contributed by atoms with E-state index in [1.165, 1.54) is 43.2 Å². The highest BCUT2D eigenvalue weighted by molar-refractivity contribution is 6.31. The average Bonchev–Trinajstić information content (AvgIpc) is 2.39. The topological polar surface area (TPSA) is 26.0 Å². The van der Waals surface area contributed by atoms with Crippen molar-refractivity contribution in [1.29, 1.82) is 0 Å². The van der Waals surface area contributed by atoms with Gasteiger partial charge in [0.25, 0.3) is 0 Å². The van der Waals surface area contributed by atoms with Crippen LogP contribution in [-0.2, 0) is 5.41 Å². The Balaban J connectivity index is 2.34. The highest BCUT2D eigenvalue weighted by atomic mass is 35.5. The predicted molar refractivity (Wildman–Crippen MR) is 79.4 cm³/mol. The van der Waals surface area contributed by atoms with Crippen molar-refractivity contribution in [2.24, 2.45) is 5.73 Å². The van der Waals surface area contributed by atoms with Crippen molar-refractivity contribution in [1.82, 2.24) is 0 Å². The minimum Gasteiger partial charge on any atom is -0.330 e. The molecular formula is C16H24ClN. The van der Waals surface area contributed by atoms with Crippen LogP contribution < -0.4 is 5.73 Å². The third-order valence-corrected chi connectivity index (χ3v) is 4.76. The average molecular weight is 266 g/mol. The van der Waals surface area contributed by atoms with Crippen LogP contribution in [0.3, 0.4) is 0 Å². The quantitative estimate of drug-likeness (QED) is 0.848. The molecule has 100 valence electrons. The van der Waals surface area contributed by atoms with E-state index in [0.29, 0.717) is 5.92 Å². The second kappa shape index (κ2) is 5.63. The van der Waals surface area contributed by atoms with Gasteiger partial charge in [-0.25, -0.2) is 0 Å². The van der Waals surface area contributed by atoms with Crippen molar-refractivity contribution in [3.63, 3.8) is 0 Å². The smallest absolute Gasteiger partial charge is 0.0443 e. The number of nitrogens with two attached hydrogens (primary N) is 1. The number of rotatable bonds is 3. The van der Waals surface area contributed by atoms with Crippen LogP contribution in [0.15, 0.2) is 18.2 Å². The van der Waals surface area contributed by atoms with Gasteiger partial charge in [0.15, 0.2) is 0 Å². The van der Waals surface area contributed by atoms with Crippen LogP contribution in [0.2, 0.25) is 5.02 Å². The van der Waals surface area contributed by atoms with E-state index in [1.807, 2.05) is 0 Å². The molecule has 1 aliphatic rings. The van der Waals surface area contributed by atoms with Gasteiger partial charge in [0, 0.05) is 17.0 Å². The van der Waals surface area contributed by atoms with Crippen LogP contribution in [0.1, 0.15) is 63.0 Å². The zero-order valence-corrected chi connectivity index (χ0v) is 12.3. The minimum atomic E-state index is 0.178. The highest BCUT2D eigenvalue weighted by Gasteiger charge is 2.32. The number of hydrogen-bond acceptors (Lipinski definition) is 1. The van der Waals surface area contributed by atoms with Crippen LogP contribution in [-0.4, -0.2) is 6.54 Å². The van der Waals surface area contributed by atoms with Gasteiger partial charge in [-0.15, -0.1) is 0 Å². The summed E-state index contributed by atoms with van der Waals surface area (Å²) in [4.78, 5) is 0. The van der Waals surface area contributed by atoms with Crippen molar-refractivity contribution in [3.8, 4) is 0 Å². The van der Waals surface area contributed by atoms with Crippen LogP contribution in [0.5, 0.6) is 0 Å². The monoisotopic (exact) mass is 265 g/mol. The molecule has 18 heavy (non-hydrogen) atoms. The maximum atomic E-state index is 6.42. The zero-order chi connectivity index (χ0) is 13.2. The first-order valence-corrected chi connectivity index (χ1v) is 7.47. The first-order valence-electron chi connectivity index (χ1n) is 7.09. The van der Waals surface area contributed by atoms with E-state index in [-0.39, 0.29) is 5.41 Å². The Labute approximate surface area is 116 Å². The second-order valence-corrected chi connectivity index (χ2v) is 6.34. The number of benzene rings is 1. The first kappa shape index (κ1) is 13.9.